The molecule has 3 rings (SSSR count). The molecule has 0 atom stereocenters. The molecule has 0 spiro atoms. The molecule has 156 valence electrons. The molecule has 1 N–H and O–H groups in total. The summed E-state index contributed by atoms with van der Waals surface area (Å²) in [5.41, 5.74) is 2.01. The van der Waals surface area contributed by atoms with E-state index in [0.29, 0.717) is 43.2 Å². The Hall–Kier alpha value is -3.03. The molecule has 0 aliphatic carbocycles. The number of likely N-dealkylation sites (tertiary alicyclic amines) is 1. The van der Waals surface area contributed by atoms with E-state index in [1.807, 2.05) is 30.0 Å². The Morgan fingerprint density at radius 1 is 1.24 bits per heavy atom. The number of methoxy groups -OCH3 is 2. The van der Waals surface area contributed by atoms with Gasteiger partial charge in [-0.3, -0.25) is 14.3 Å². The molecule has 1 aliphatic rings. The SMILES string of the molecule is CCn1nc(C(=O)NCCCN2CCCC2=O)cc1-c1ccc(OC)cc1OC. The molecule has 2 amide bonds. The van der Waals surface area contributed by atoms with Crippen LogP contribution in [0.3, 0.4) is 0 Å². The number of ether oxygens (including phenoxy) is 2. The molecule has 1 aromatic carbocycles. The van der Waals surface area contributed by atoms with Gasteiger partial charge in [-0.25, -0.2) is 0 Å². The van der Waals surface area contributed by atoms with Crippen LogP contribution in [0.2, 0.25) is 0 Å². The number of rotatable bonds is 9. The van der Waals surface area contributed by atoms with Crippen LogP contribution in [0.1, 0.15) is 36.7 Å². The number of hydrogen-bond donors (Lipinski definition) is 1. The van der Waals surface area contributed by atoms with Crippen molar-refractivity contribution in [2.75, 3.05) is 33.9 Å². The monoisotopic (exact) mass is 400 g/mol. The second-order valence-corrected chi connectivity index (χ2v) is 6.89. The first-order valence-electron chi connectivity index (χ1n) is 9.93. The Balaban J connectivity index is 1.67. The lowest BCUT2D eigenvalue weighted by Crippen LogP contribution is -2.30. The average molecular weight is 400 g/mol. The van der Waals surface area contributed by atoms with Crippen LogP contribution in [0.25, 0.3) is 11.3 Å². The highest BCUT2D eigenvalue weighted by Crippen LogP contribution is 2.33. The first-order chi connectivity index (χ1) is 14.1. The first-order valence-corrected chi connectivity index (χ1v) is 9.93. The van der Waals surface area contributed by atoms with Gasteiger partial charge in [-0.15, -0.1) is 0 Å². The standard InChI is InChI=1S/C21H28N4O4/c1-4-25-18(16-9-8-15(28-2)13-19(16)29-3)14-17(23-25)21(27)22-10-6-12-24-11-5-7-20(24)26/h8-9,13-14H,4-7,10-12H2,1-3H3,(H,22,27). The zero-order valence-electron chi connectivity index (χ0n) is 17.2. The predicted molar refractivity (Wildman–Crippen MR) is 109 cm³/mol. The number of carbonyl (C=O) groups excluding carboxylic acids is 2. The van der Waals surface area contributed by atoms with Crippen LogP contribution >= 0.6 is 0 Å². The van der Waals surface area contributed by atoms with Crippen molar-refractivity contribution in [2.24, 2.45) is 0 Å². The van der Waals surface area contributed by atoms with Gasteiger partial charge in [0.2, 0.25) is 5.91 Å². The van der Waals surface area contributed by atoms with Crippen molar-refractivity contribution >= 4 is 11.8 Å². The fraction of sp³-hybridized carbons (Fsp3) is 0.476. The minimum absolute atomic E-state index is 0.205. The fourth-order valence-corrected chi connectivity index (χ4v) is 3.50. The largest absolute Gasteiger partial charge is 0.497 e. The van der Waals surface area contributed by atoms with Crippen LogP contribution in [0.5, 0.6) is 11.5 Å². The molecule has 0 bridgehead atoms. The normalized spacial score (nSPS) is 13.6. The summed E-state index contributed by atoms with van der Waals surface area (Å²) in [5.74, 6) is 1.33. The van der Waals surface area contributed by atoms with Gasteiger partial charge < -0.3 is 19.7 Å². The highest BCUT2D eigenvalue weighted by atomic mass is 16.5. The Morgan fingerprint density at radius 3 is 2.72 bits per heavy atom. The summed E-state index contributed by atoms with van der Waals surface area (Å²) in [6.07, 6.45) is 2.29. The van der Waals surface area contributed by atoms with Gasteiger partial charge in [0, 0.05) is 44.2 Å². The molecule has 8 nitrogen and oxygen atoms in total. The van der Waals surface area contributed by atoms with Crippen molar-refractivity contribution in [3.63, 3.8) is 0 Å². The predicted octanol–water partition coefficient (Wildman–Crippen LogP) is 2.33. The molecular weight excluding hydrogens is 372 g/mol. The third kappa shape index (κ3) is 4.70. The van der Waals surface area contributed by atoms with Crippen LogP contribution in [0.15, 0.2) is 24.3 Å². The fourth-order valence-electron chi connectivity index (χ4n) is 3.50. The molecular formula is C21H28N4O4. The van der Waals surface area contributed by atoms with E-state index >= 15 is 0 Å². The number of aromatic nitrogens is 2. The van der Waals surface area contributed by atoms with E-state index in [1.165, 1.54) is 0 Å². The van der Waals surface area contributed by atoms with Gasteiger partial charge in [0.1, 0.15) is 11.5 Å². The maximum absolute atomic E-state index is 12.6. The number of carbonyl (C=O) groups is 2. The van der Waals surface area contributed by atoms with Crippen molar-refractivity contribution in [1.29, 1.82) is 0 Å². The third-order valence-electron chi connectivity index (χ3n) is 5.06. The van der Waals surface area contributed by atoms with Crippen LogP contribution < -0.4 is 14.8 Å². The highest BCUT2D eigenvalue weighted by molar-refractivity contribution is 5.93. The van der Waals surface area contributed by atoms with Crippen LogP contribution in [0, 0.1) is 0 Å². The minimum atomic E-state index is -0.223. The van der Waals surface area contributed by atoms with Gasteiger partial charge in [-0.2, -0.15) is 5.10 Å². The number of amides is 2. The van der Waals surface area contributed by atoms with E-state index in [9.17, 15) is 9.59 Å². The Labute approximate surface area is 170 Å². The Morgan fingerprint density at radius 2 is 2.07 bits per heavy atom. The lowest BCUT2D eigenvalue weighted by Gasteiger charge is -2.14. The molecule has 29 heavy (non-hydrogen) atoms. The number of hydrogen-bond acceptors (Lipinski definition) is 5. The summed E-state index contributed by atoms with van der Waals surface area (Å²) < 4.78 is 12.5. The maximum Gasteiger partial charge on any atom is 0.271 e. The van der Waals surface area contributed by atoms with E-state index in [-0.39, 0.29) is 11.8 Å². The lowest BCUT2D eigenvalue weighted by molar-refractivity contribution is -0.127. The second-order valence-electron chi connectivity index (χ2n) is 6.89. The average Bonchev–Trinajstić information content (AvgIpc) is 3.36. The van der Waals surface area contributed by atoms with E-state index in [0.717, 1.165) is 30.6 Å². The van der Waals surface area contributed by atoms with Gasteiger partial charge in [-0.05, 0) is 38.0 Å². The van der Waals surface area contributed by atoms with E-state index < -0.39 is 0 Å². The number of nitrogens with zero attached hydrogens (tertiary/aromatic N) is 3. The summed E-state index contributed by atoms with van der Waals surface area (Å²) in [4.78, 5) is 26.0. The van der Waals surface area contributed by atoms with Gasteiger partial charge in [-0.1, -0.05) is 0 Å². The van der Waals surface area contributed by atoms with E-state index in [4.69, 9.17) is 9.47 Å². The molecule has 2 heterocycles. The number of aryl methyl sites for hydroxylation is 1. The summed E-state index contributed by atoms with van der Waals surface area (Å²) in [7, 11) is 3.20. The Bertz CT molecular complexity index is 878. The van der Waals surface area contributed by atoms with Crippen LogP contribution in [-0.4, -0.2) is 60.3 Å². The zero-order valence-corrected chi connectivity index (χ0v) is 17.2. The second kappa shape index (κ2) is 9.45. The van der Waals surface area contributed by atoms with E-state index in [1.54, 1.807) is 25.0 Å². The first kappa shape index (κ1) is 20.7. The quantitative estimate of drug-likeness (QED) is 0.653. The van der Waals surface area contributed by atoms with Gasteiger partial charge in [0.25, 0.3) is 5.91 Å². The minimum Gasteiger partial charge on any atom is -0.497 e. The van der Waals surface area contributed by atoms with Crippen molar-refractivity contribution in [3.05, 3.63) is 30.0 Å². The Kier molecular flexibility index (Phi) is 6.74. The summed E-state index contributed by atoms with van der Waals surface area (Å²) in [5, 5.41) is 7.34. The molecule has 1 aliphatic heterocycles. The lowest BCUT2D eigenvalue weighted by atomic mass is 10.1. The van der Waals surface area contributed by atoms with Crippen molar-refractivity contribution in [1.82, 2.24) is 20.0 Å². The van der Waals surface area contributed by atoms with Crippen LogP contribution in [0.4, 0.5) is 0 Å². The summed E-state index contributed by atoms with van der Waals surface area (Å²) in [6, 6.07) is 7.33. The summed E-state index contributed by atoms with van der Waals surface area (Å²) in [6.45, 7) is 4.59. The highest BCUT2D eigenvalue weighted by Gasteiger charge is 2.20. The maximum atomic E-state index is 12.6. The topological polar surface area (TPSA) is 85.7 Å². The smallest absolute Gasteiger partial charge is 0.271 e. The molecule has 8 heteroatoms. The van der Waals surface area contributed by atoms with Crippen molar-refractivity contribution in [3.8, 4) is 22.8 Å². The molecule has 0 radical (unpaired) electrons. The van der Waals surface area contributed by atoms with Gasteiger partial charge in [0.05, 0.1) is 19.9 Å². The molecule has 1 saturated heterocycles. The molecule has 1 aromatic heterocycles. The van der Waals surface area contributed by atoms with Gasteiger partial charge >= 0.3 is 0 Å². The number of nitrogens with one attached hydrogen (secondary N) is 1. The van der Waals surface area contributed by atoms with Crippen molar-refractivity contribution in [2.45, 2.75) is 32.7 Å². The molecule has 2 aromatic rings. The third-order valence-corrected chi connectivity index (χ3v) is 5.06. The number of benzene rings is 1. The molecule has 0 saturated carbocycles. The zero-order chi connectivity index (χ0) is 20.8. The van der Waals surface area contributed by atoms with Crippen LogP contribution in [-0.2, 0) is 11.3 Å². The molecule has 1 fully saturated rings. The van der Waals surface area contributed by atoms with Gasteiger partial charge in [0.15, 0.2) is 5.69 Å². The molecule has 0 unspecified atom stereocenters. The van der Waals surface area contributed by atoms with Crippen molar-refractivity contribution < 1.29 is 19.1 Å². The van der Waals surface area contributed by atoms with E-state index in [2.05, 4.69) is 10.4 Å². The summed E-state index contributed by atoms with van der Waals surface area (Å²) >= 11 is 0.